The van der Waals surface area contributed by atoms with Crippen molar-refractivity contribution in [3.05, 3.63) is 65.2 Å². The lowest BCUT2D eigenvalue weighted by Crippen LogP contribution is -2.39. The number of benzene rings is 2. The highest BCUT2D eigenvalue weighted by atomic mass is 16.5. The van der Waals surface area contributed by atoms with E-state index < -0.39 is 5.91 Å². The molecule has 2 aromatic rings. The maximum absolute atomic E-state index is 10.8. The van der Waals surface area contributed by atoms with Gasteiger partial charge >= 0.3 is 0 Å². The summed E-state index contributed by atoms with van der Waals surface area (Å²) >= 11 is 0. The fourth-order valence-corrected chi connectivity index (χ4v) is 2.66. The van der Waals surface area contributed by atoms with Crippen LogP contribution in [0.25, 0.3) is 0 Å². The molecule has 28 heavy (non-hydrogen) atoms. The van der Waals surface area contributed by atoms with E-state index in [1.807, 2.05) is 25.1 Å². The van der Waals surface area contributed by atoms with Gasteiger partial charge in [-0.25, -0.2) is 4.99 Å². The molecule has 2 aromatic carbocycles. The van der Waals surface area contributed by atoms with Crippen LogP contribution in [-0.4, -0.2) is 31.6 Å². The third kappa shape index (κ3) is 7.31. The monoisotopic (exact) mass is 382 g/mol. The molecule has 1 amide bonds. The molecule has 0 spiro atoms. The molecule has 0 saturated heterocycles. The van der Waals surface area contributed by atoms with Crippen molar-refractivity contribution in [2.45, 2.75) is 33.2 Å². The fourth-order valence-electron chi connectivity index (χ4n) is 2.66. The van der Waals surface area contributed by atoms with E-state index in [-0.39, 0.29) is 6.61 Å². The Bertz CT molecular complexity index is 787. The highest BCUT2D eigenvalue weighted by Gasteiger charge is 2.07. The Morgan fingerprint density at radius 3 is 2.61 bits per heavy atom. The molecule has 6 heteroatoms. The second kappa shape index (κ2) is 11.0. The highest BCUT2D eigenvalue weighted by Crippen LogP contribution is 2.15. The SMILES string of the molecule is CCNC(=NCc1cccc(OCC(N)=O)c1)NCC(C)c1ccc(C)cc1. The minimum absolute atomic E-state index is 0.131. The average Bonchev–Trinajstić information content (AvgIpc) is 2.69. The first-order valence-electron chi connectivity index (χ1n) is 9.56. The van der Waals surface area contributed by atoms with Gasteiger partial charge in [0.25, 0.3) is 5.91 Å². The number of hydrogen-bond acceptors (Lipinski definition) is 3. The van der Waals surface area contributed by atoms with Crippen LogP contribution in [0.1, 0.15) is 36.5 Å². The third-order valence-corrected chi connectivity index (χ3v) is 4.27. The number of hydrogen-bond donors (Lipinski definition) is 3. The van der Waals surface area contributed by atoms with Gasteiger partial charge in [-0.1, -0.05) is 48.9 Å². The number of nitrogens with one attached hydrogen (secondary N) is 2. The fraction of sp³-hybridized carbons (Fsp3) is 0.364. The summed E-state index contributed by atoms with van der Waals surface area (Å²) in [6.45, 7) is 8.27. The van der Waals surface area contributed by atoms with Gasteiger partial charge in [0.1, 0.15) is 5.75 Å². The van der Waals surface area contributed by atoms with Gasteiger partial charge in [0, 0.05) is 13.1 Å². The molecule has 0 aromatic heterocycles. The van der Waals surface area contributed by atoms with Crippen LogP contribution in [0.2, 0.25) is 0 Å². The van der Waals surface area contributed by atoms with Crippen LogP contribution in [0.5, 0.6) is 5.75 Å². The van der Waals surface area contributed by atoms with Crippen molar-refractivity contribution in [2.75, 3.05) is 19.7 Å². The first-order chi connectivity index (χ1) is 13.5. The molecule has 0 aliphatic heterocycles. The lowest BCUT2D eigenvalue weighted by atomic mass is 10.0. The Balaban J connectivity index is 1.95. The van der Waals surface area contributed by atoms with E-state index in [9.17, 15) is 4.79 Å². The topological polar surface area (TPSA) is 88.7 Å². The molecule has 0 heterocycles. The van der Waals surface area contributed by atoms with E-state index in [1.165, 1.54) is 11.1 Å². The largest absolute Gasteiger partial charge is 0.484 e. The van der Waals surface area contributed by atoms with Crippen LogP contribution in [0.15, 0.2) is 53.5 Å². The number of aryl methyl sites for hydroxylation is 1. The molecular formula is C22H30N4O2. The Morgan fingerprint density at radius 1 is 1.18 bits per heavy atom. The van der Waals surface area contributed by atoms with Crippen molar-refractivity contribution in [3.63, 3.8) is 0 Å². The smallest absolute Gasteiger partial charge is 0.255 e. The Kier molecular flexibility index (Phi) is 8.34. The quantitative estimate of drug-likeness (QED) is 0.460. The number of guanidine groups is 1. The molecule has 150 valence electrons. The lowest BCUT2D eigenvalue weighted by Gasteiger charge is -2.16. The summed E-state index contributed by atoms with van der Waals surface area (Å²) in [7, 11) is 0. The summed E-state index contributed by atoms with van der Waals surface area (Å²) in [6.07, 6.45) is 0. The van der Waals surface area contributed by atoms with Crippen LogP contribution in [-0.2, 0) is 11.3 Å². The Morgan fingerprint density at radius 2 is 1.93 bits per heavy atom. The van der Waals surface area contributed by atoms with Gasteiger partial charge in [0.2, 0.25) is 0 Å². The first-order valence-corrected chi connectivity index (χ1v) is 9.56. The van der Waals surface area contributed by atoms with E-state index in [2.05, 4.69) is 53.7 Å². The Labute approximate surface area is 167 Å². The molecule has 4 N–H and O–H groups in total. The number of nitrogens with two attached hydrogens (primary N) is 1. The molecule has 6 nitrogen and oxygen atoms in total. The molecule has 0 aliphatic carbocycles. The van der Waals surface area contributed by atoms with E-state index in [0.29, 0.717) is 18.2 Å². The molecule has 0 bridgehead atoms. The minimum atomic E-state index is -0.496. The van der Waals surface area contributed by atoms with Crippen molar-refractivity contribution in [1.82, 2.24) is 10.6 Å². The maximum atomic E-state index is 10.8. The molecule has 1 atom stereocenters. The average molecular weight is 383 g/mol. The van der Waals surface area contributed by atoms with Crippen molar-refractivity contribution in [2.24, 2.45) is 10.7 Å². The van der Waals surface area contributed by atoms with Gasteiger partial charge in [-0.3, -0.25) is 4.79 Å². The first kappa shape index (κ1) is 21.3. The second-order valence-electron chi connectivity index (χ2n) is 6.79. The van der Waals surface area contributed by atoms with Crippen LogP contribution in [0, 0.1) is 6.92 Å². The lowest BCUT2D eigenvalue weighted by molar-refractivity contribution is -0.119. The number of amides is 1. The van der Waals surface area contributed by atoms with Gasteiger partial charge in [-0.2, -0.15) is 0 Å². The number of primary amides is 1. The predicted molar refractivity (Wildman–Crippen MR) is 114 cm³/mol. The van der Waals surface area contributed by atoms with Gasteiger partial charge in [-0.15, -0.1) is 0 Å². The number of rotatable bonds is 9. The summed E-state index contributed by atoms with van der Waals surface area (Å²) in [4.78, 5) is 15.5. The molecule has 0 fully saturated rings. The second-order valence-corrected chi connectivity index (χ2v) is 6.79. The standard InChI is InChI=1S/C22H30N4O2/c1-4-24-22(25-13-17(3)19-10-8-16(2)9-11-19)26-14-18-6-5-7-20(12-18)28-15-21(23)27/h5-12,17H,4,13-15H2,1-3H3,(H2,23,27)(H2,24,25,26). The zero-order valence-electron chi connectivity index (χ0n) is 16.9. The van der Waals surface area contributed by atoms with Gasteiger partial charge < -0.3 is 21.1 Å². The Hall–Kier alpha value is -3.02. The van der Waals surface area contributed by atoms with Crippen molar-refractivity contribution in [1.29, 1.82) is 0 Å². The van der Waals surface area contributed by atoms with Crippen molar-refractivity contribution in [3.8, 4) is 5.75 Å². The normalized spacial score (nSPS) is 12.3. The van der Waals surface area contributed by atoms with Crippen molar-refractivity contribution >= 4 is 11.9 Å². The van der Waals surface area contributed by atoms with E-state index in [4.69, 9.17) is 10.5 Å². The summed E-state index contributed by atoms with van der Waals surface area (Å²) in [5.74, 6) is 1.25. The summed E-state index contributed by atoms with van der Waals surface area (Å²) < 4.78 is 5.34. The van der Waals surface area contributed by atoms with Crippen LogP contribution < -0.4 is 21.1 Å². The predicted octanol–water partition coefficient (Wildman–Crippen LogP) is 2.72. The van der Waals surface area contributed by atoms with E-state index in [1.54, 1.807) is 6.07 Å². The number of aliphatic imine (C=N–C) groups is 1. The van der Waals surface area contributed by atoms with Gasteiger partial charge in [0.05, 0.1) is 6.54 Å². The summed E-state index contributed by atoms with van der Waals surface area (Å²) in [5, 5.41) is 6.67. The zero-order valence-corrected chi connectivity index (χ0v) is 16.9. The molecule has 2 rings (SSSR count). The molecule has 0 aliphatic rings. The van der Waals surface area contributed by atoms with E-state index in [0.717, 1.165) is 24.6 Å². The maximum Gasteiger partial charge on any atom is 0.255 e. The highest BCUT2D eigenvalue weighted by molar-refractivity contribution is 5.79. The number of carbonyl (C=O) groups is 1. The molecule has 0 saturated carbocycles. The number of carbonyl (C=O) groups excluding carboxylic acids is 1. The van der Waals surface area contributed by atoms with Crippen LogP contribution >= 0.6 is 0 Å². The summed E-state index contributed by atoms with van der Waals surface area (Å²) in [5.41, 5.74) is 8.67. The van der Waals surface area contributed by atoms with E-state index >= 15 is 0 Å². The molecular weight excluding hydrogens is 352 g/mol. The third-order valence-electron chi connectivity index (χ3n) is 4.27. The zero-order chi connectivity index (χ0) is 20.4. The van der Waals surface area contributed by atoms with Gasteiger partial charge in [0.15, 0.2) is 12.6 Å². The number of nitrogens with zero attached hydrogens (tertiary/aromatic N) is 1. The minimum Gasteiger partial charge on any atom is -0.484 e. The van der Waals surface area contributed by atoms with Crippen molar-refractivity contribution < 1.29 is 9.53 Å². The summed E-state index contributed by atoms with van der Waals surface area (Å²) in [6, 6.07) is 16.1. The van der Waals surface area contributed by atoms with Gasteiger partial charge in [-0.05, 0) is 43.0 Å². The molecule has 0 radical (unpaired) electrons. The van der Waals surface area contributed by atoms with Crippen LogP contribution in [0.4, 0.5) is 0 Å². The van der Waals surface area contributed by atoms with Crippen LogP contribution in [0.3, 0.4) is 0 Å². The molecule has 1 unspecified atom stereocenters. The number of ether oxygens (including phenoxy) is 1.